The van der Waals surface area contributed by atoms with Gasteiger partial charge in [0.1, 0.15) is 17.3 Å². The molecule has 0 bridgehead atoms. The van der Waals surface area contributed by atoms with Crippen molar-refractivity contribution in [1.29, 1.82) is 0 Å². The summed E-state index contributed by atoms with van der Waals surface area (Å²) in [6.45, 7) is -0.384. The highest BCUT2D eigenvalue weighted by atomic mass is 19.1. The van der Waals surface area contributed by atoms with E-state index >= 15 is 0 Å². The zero-order chi connectivity index (χ0) is 20.1. The molecule has 1 aliphatic carbocycles. The largest absolute Gasteiger partial charge is 0.497 e. The number of ether oxygens (including phenoxy) is 3. The Kier molecular flexibility index (Phi) is 5.97. The van der Waals surface area contributed by atoms with Crippen molar-refractivity contribution in [3.63, 3.8) is 0 Å². The molecule has 6 heteroatoms. The molecule has 0 aliphatic heterocycles. The summed E-state index contributed by atoms with van der Waals surface area (Å²) < 4.78 is 29.1. The lowest BCUT2D eigenvalue weighted by atomic mass is 9.79. The molecule has 0 unspecified atom stereocenters. The van der Waals surface area contributed by atoms with Crippen molar-refractivity contribution in [2.24, 2.45) is 0 Å². The van der Waals surface area contributed by atoms with Crippen molar-refractivity contribution in [2.75, 3.05) is 20.8 Å². The van der Waals surface area contributed by atoms with Crippen molar-refractivity contribution in [1.82, 2.24) is 0 Å². The maximum atomic E-state index is 13.3. The van der Waals surface area contributed by atoms with Crippen LogP contribution in [0.4, 0.5) is 4.39 Å². The van der Waals surface area contributed by atoms with E-state index in [0.717, 1.165) is 18.4 Å². The van der Waals surface area contributed by atoms with Crippen LogP contribution >= 0.6 is 0 Å². The summed E-state index contributed by atoms with van der Waals surface area (Å²) in [5, 5.41) is 0. The smallest absolute Gasteiger partial charge is 0.317 e. The fourth-order valence-electron chi connectivity index (χ4n) is 3.73. The fourth-order valence-corrected chi connectivity index (χ4v) is 3.73. The van der Waals surface area contributed by atoms with Crippen LogP contribution in [-0.4, -0.2) is 32.6 Å². The van der Waals surface area contributed by atoms with Crippen molar-refractivity contribution in [3.05, 3.63) is 59.4 Å². The number of carbonyl (C=O) groups is 2. The van der Waals surface area contributed by atoms with Crippen LogP contribution in [0.2, 0.25) is 0 Å². The van der Waals surface area contributed by atoms with Crippen molar-refractivity contribution >= 4 is 11.8 Å². The Morgan fingerprint density at radius 2 is 1.68 bits per heavy atom. The number of carbonyl (C=O) groups excluding carboxylic acids is 2. The maximum Gasteiger partial charge on any atom is 0.317 e. The normalized spacial score (nSPS) is 15.1. The second kappa shape index (κ2) is 8.42. The molecule has 0 atom stereocenters. The third-order valence-electron chi connectivity index (χ3n) is 5.29. The standard InChI is InChI=1S/C22H23FO5/c1-26-17-9-10-18(20(13-17)27-2)19(24)14-28-21(25)22(11-3-4-12-22)15-5-7-16(23)8-6-15/h5-10,13H,3-4,11-12,14H2,1-2H3. The second-order valence-electron chi connectivity index (χ2n) is 6.86. The summed E-state index contributed by atoms with van der Waals surface area (Å²) in [4.78, 5) is 25.5. The van der Waals surface area contributed by atoms with Gasteiger partial charge in [0.05, 0.1) is 25.2 Å². The first kappa shape index (κ1) is 19.9. The molecule has 0 amide bonds. The highest BCUT2D eigenvalue weighted by Gasteiger charge is 2.44. The average molecular weight is 386 g/mol. The first-order chi connectivity index (χ1) is 13.5. The first-order valence-electron chi connectivity index (χ1n) is 9.18. The molecule has 1 fully saturated rings. The lowest BCUT2D eigenvalue weighted by Gasteiger charge is -2.27. The number of ketones is 1. The molecule has 1 aliphatic rings. The molecule has 148 valence electrons. The topological polar surface area (TPSA) is 61.8 Å². The molecular weight excluding hydrogens is 363 g/mol. The van der Waals surface area contributed by atoms with Crippen LogP contribution < -0.4 is 9.47 Å². The molecule has 0 N–H and O–H groups in total. The average Bonchev–Trinajstić information content (AvgIpc) is 3.22. The van der Waals surface area contributed by atoms with E-state index in [1.165, 1.54) is 26.4 Å². The van der Waals surface area contributed by atoms with E-state index in [1.807, 2.05) is 0 Å². The predicted molar refractivity (Wildman–Crippen MR) is 101 cm³/mol. The van der Waals surface area contributed by atoms with Crippen LogP contribution in [0.3, 0.4) is 0 Å². The second-order valence-corrected chi connectivity index (χ2v) is 6.86. The van der Waals surface area contributed by atoms with Crippen molar-refractivity contribution in [2.45, 2.75) is 31.1 Å². The minimum absolute atomic E-state index is 0.318. The van der Waals surface area contributed by atoms with Crippen LogP contribution in [0.15, 0.2) is 42.5 Å². The van der Waals surface area contributed by atoms with Crippen LogP contribution in [0.5, 0.6) is 11.5 Å². The van der Waals surface area contributed by atoms with Crippen molar-refractivity contribution < 1.29 is 28.2 Å². The Hall–Kier alpha value is -2.89. The number of esters is 1. The number of hydrogen-bond donors (Lipinski definition) is 0. The zero-order valence-electron chi connectivity index (χ0n) is 16.0. The Labute approximate surface area is 163 Å². The van der Waals surface area contributed by atoms with E-state index in [4.69, 9.17) is 14.2 Å². The van der Waals surface area contributed by atoms with Gasteiger partial charge in [-0.25, -0.2) is 4.39 Å². The van der Waals surface area contributed by atoms with Gasteiger partial charge in [-0.05, 0) is 42.7 Å². The minimum atomic E-state index is -0.821. The van der Waals surface area contributed by atoms with Gasteiger partial charge in [0.2, 0.25) is 5.78 Å². The van der Waals surface area contributed by atoms with Gasteiger partial charge < -0.3 is 14.2 Å². The zero-order valence-corrected chi connectivity index (χ0v) is 16.0. The molecule has 0 radical (unpaired) electrons. The number of rotatable bonds is 7. The quantitative estimate of drug-likeness (QED) is 0.530. The van der Waals surface area contributed by atoms with Gasteiger partial charge >= 0.3 is 5.97 Å². The SMILES string of the molecule is COc1ccc(C(=O)COC(=O)C2(c3ccc(F)cc3)CCCC2)c(OC)c1. The summed E-state index contributed by atoms with van der Waals surface area (Å²) in [7, 11) is 2.98. The highest BCUT2D eigenvalue weighted by molar-refractivity contribution is 6.01. The van der Waals surface area contributed by atoms with Gasteiger partial charge in [-0.15, -0.1) is 0 Å². The Morgan fingerprint density at radius 3 is 2.29 bits per heavy atom. The van der Waals surface area contributed by atoms with Gasteiger partial charge in [-0.2, -0.15) is 0 Å². The van der Waals surface area contributed by atoms with E-state index in [0.29, 0.717) is 29.9 Å². The monoisotopic (exact) mass is 386 g/mol. The van der Waals surface area contributed by atoms with Crippen LogP contribution in [0.1, 0.15) is 41.6 Å². The summed E-state index contributed by atoms with van der Waals surface area (Å²) in [6.07, 6.45) is 3.01. The van der Waals surface area contributed by atoms with Crippen LogP contribution in [0.25, 0.3) is 0 Å². The lowest BCUT2D eigenvalue weighted by molar-refractivity contribution is -0.149. The molecule has 0 heterocycles. The molecule has 3 rings (SSSR count). The summed E-state index contributed by atoms with van der Waals surface area (Å²) >= 11 is 0. The van der Waals surface area contributed by atoms with Crippen LogP contribution in [-0.2, 0) is 14.9 Å². The third kappa shape index (κ3) is 3.86. The van der Waals surface area contributed by atoms with E-state index in [9.17, 15) is 14.0 Å². The van der Waals surface area contributed by atoms with E-state index in [2.05, 4.69) is 0 Å². The maximum absolute atomic E-state index is 13.3. The first-order valence-corrected chi connectivity index (χ1v) is 9.18. The highest BCUT2D eigenvalue weighted by Crippen LogP contribution is 2.42. The van der Waals surface area contributed by atoms with E-state index in [1.54, 1.807) is 30.3 Å². The van der Waals surface area contributed by atoms with Gasteiger partial charge in [0.25, 0.3) is 0 Å². The number of methoxy groups -OCH3 is 2. The Morgan fingerprint density at radius 1 is 1.00 bits per heavy atom. The van der Waals surface area contributed by atoms with E-state index < -0.39 is 11.4 Å². The number of benzene rings is 2. The molecule has 5 nitrogen and oxygen atoms in total. The lowest BCUT2D eigenvalue weighted by Crippen LogP contribution is -2.35. The molecule has 0 spiro atoms. The molecule has 0 saturated heterocycles. The summed E-state index contributed by atoms with van der Waals surface area (Å²) in [5.74, 6) is -0.245. The van der Waals surface area contributed by atoms with Gasteiger partial charge in [0, 0.05) is 6.07 Å². The predicted octanol–water partition coefficient (Wildman–Crippen LogP) is 4.08. The van der Waals surface area contributed by atoms with Gasteiger partial charge in [-0.3, -0.25) is 9.59 Å². The molecule has 28 heavy (non-hydrogen) atoms. The number of halogens is 1. The van der Waals surface area contributed by atoms with E-state index in [-0.39, 0.29) is 18.2 Å². The third-order valence-corrected chi connectivity index (χ3v) is 5.29. The van der Waals surface area contributed by atoms with Gasteiger partial charge in [-0.1, -0.05) is 25.0 Å². The van der Waals surface area contributed by atoms with Gasteiger partial charge in [0.15, 0.2) is 6.61 Å². The Balaban J connectivity index is 1.75. The number of hydrogen-bond acceptors (Lipinski definition) is 5. The molecule has 2 aromatic carbocycles. The molecule has 0 aromatic heterocycles. The van der Waals surface area contributed by atoms with Crippen LogP contribution in [0, 0.1) is 5.82 Å². The fraction of sp³-hybridized carbons (Fsp3) is 0.364. The molecule has 2 aromatic rings. The van der Waals surface area contributed by atoms with Crippen molar-refractivity contribution in [3.8, 4) is 11.5 Å². The summed E-state index contributed by atoms with van der Waals surface area (Å²) in [5.41, 5.74) is 0.224. The minimum Gasteiger partial charge on any atom is -0.497 e. The Bertz CT molecular complexity index is 854. The molecular formula is C22H23FO5. The molecule has 1 saturated carbocycles. The number of Topliss-reactive ketones (excluding diaryl/α,β-unsaturated/α-hetero) is 1. The summed E-state index contributed by atoms with van der Waals surface area (Å²) in [6, 6.07) is 10.8.